The highest BCUT2D eigenvalue weighted by Crippen LogP contribution is 2.30. The van der Waals surface area contributed by atoms with Gasteiger partial charge in [-0.3, -0.25) is 0 Å². The molecule has 3 heteroatoms. The molecule has 1 unspecified atom stereocenters. The van der Waals surface area contributed by atoms with Gasteiger partial charge in [0.15, 0.2) is 0 Å². The maximum absolute atomic E-state index is 6.20. The highest BCUT2D eigenvalue weighted by Gasteiger charge is 2.20. The fraction of sp³-hybridized carbons (Fsp3) is 0.667. The van der Waals surface area contributed by atoms with Gasteiger partial charge in [-0.2, -0.15) is 0 Å². The summed E-state index contributed by atoms with van der Waals surface area (Å²) in [4.78, 5) is 0. The van der Waals surface area contributed by atoms with Crippen LogP contribution < -0.4 is 5.32 Å². The van der Waals surface area contributed by atoms with Crippen LogP contribution in [0.3, 0.4) is 0 Å². The molecule has 1 fully saturated rings. The highest BCUT2D eigenvalue weighted by molar-refractivity contribution is 9.10. The first-order valence-electron chi connectivity index (χ1n) is 8.06. The van der Waals surface area contributed by atoms with E-state index in [4.69, 9.17) is 4.74 Å². The first-order chi connectivity index (χ1) is 9.94. The molecule has 1 aromatic rings. The summed E-state index contributed by atoms with van der Waals surface area (Å²) in [5.41, 5.74) is 1.36. The van der Waals surface area contributed by atoms with Crippen molar-refractivity contribution < 1.29 is 4.74 Å². The zero-order valence-electron chi connectivity index (χ0n) is 13.5. The Kier molecular flexibility index (Phi) is 6.27. The Hall–Kier alpha value is -0.380. The van der Waals surface area contributed by atoms with Crippen molar-refractivity contribution in [3.63, 3.8) is 0 Å². The molecule has 0 radical (unpaired) electrons. The third kappa shape index (κ3) is 6.09. The van der Waals surface area contributed by atoms with Gasteiger partial charge >= 0.3 is 0 Å². The van der Waals surface area contributed by atoms with Crippen LogP contribution in [-0.4, -0.2) is 18.7 Å². The summed E-state index contributed by atoms with van der Waals surface area (Å²) >= 11 is 3.56. The molecule has 21 heavy (non-hydrogen) atoms. The third-order valence-corrected chi connectivity index (χ3v) is 4.60. The van der Waals surface area contributed by atoms with Gasteiger partial charge in [0, 0.05) is 23.2 Å². The largest absolute Gasteiger partial charge is 0.372 e. The number of halogens is 1. The van der Waals surface area contributed by atoms with Crippen molar-refractivity contribution in [2.24, 2.45) is 5.92 Å². The Morgan fingerprint density at radius 1 is 1.33 bits per heavy atom. The number of nitrogens with one attached hydrogen (secondary N) is 1. The normalized spacial score (nSPS) is 17.5. The molecule has 0 heterocycles. The Bertz CT molecular complexity index is 437. The lowest BCUT2D eigenvalue weighted by Gasteiger charge is -2.28. The van der Waals surface area contributed by atoms with E-state index in [1.807, 2.05) is 0 Å². The molecule has 1 aliphatic carbocycles. The average molecular weight is 354 g/mol. The quantitative estimate of drug-likeness (QED) is 0.737. The fourth-order valence-corrected chi connectivity index (χ4v) is 2.95. The molecule has 0 amide bonds. The minimum Gasteiger partial charge on any atom is -0.372 e. The van der Waals surface area contributed by atoms with Crippen LogP contribution >= 0.6 is 15.9 Å². The van der Waals surface area contributed by atoms with Crippen LogP contribution in [0.4, 0.5) is 0 Å². The molecule has 0 aromatic heterocycles. The van der Waals surface area contributed by atoms with Gasteiger partial charge in [-0.1, -0.05) is 47.3 Å². The number of hydrogen-bond acceptors (Lipinski definition) is 2. The number of benzene rings is 1. The monoisotopic (exact) mass is 353 g/mol. The van der Waals surface area contributed by atoms with Crippen LogP contribution in [0.5, 0.6) is 0 Å². The van der Waals surface area contributed by atoms with Crippen molar-refractivity contribution in [1.82, 2.24) is 5.32 Å². The molecule has 0 saturated heterocycles. The van der Waals surface area contributed by atoms with E-state index in [0.717, 1.165) is 23.5 Å². The molecular weight excluding hydrogens is 326 g/mol. The van der Waals surface area contributed by atoms with Gasteiger partial charge in [-0.25, -0.2) is 0 Å². The summed E-state index contributed by atoms with van der Waals surface area (Å²) in [6, 6.07) is 8.46. The van der Waals surface area contributed by atoms with Crippen LogP contribution in [0.1, 0.15) is 58.1 Å². The summed E-state index contributed by atoms with van der Waals surface area (Å²) in [5.74, 6) is 0.906. The van der Waals surface area contributed by atoms with Gasteiger partial charge < -0.3 is 10.1 Å². The maximum Gasteiger partial charge on any atom is 0.0949 e. The molecule has 1 aliphatic rings. The van der Waals surface area contributed by atoms with Crippen molar-refractivity contribution in [3.8, 4) is 0 Å². The summed E-state index contributed by atoms with van der Waals surface area (Å²) in [7, 11) is 0. The van der Waals surface area contributed by atoms with Gasteiger partial charge in [-0.15, -0.1) is 0 Å². The van der Waals surface area contributed by atoms with Gasteiger partial charge in [0.1, 0.15) is 0 Å². The summed E-state index contributed by atoms with van der Waals surface area (Å²) in [6.45, 7) is 8.30. The lowest BCUT2D eigenvalue weighted by molar-refractivity contribution is 0.0336. The van der Waals surface area contributed by atoms with Gasteiger partial charge in [0.25, 0.3) is 0 Å². The minimum atomic E-state index is 0.113. The van der Waals surface area contributed by atoms with E-state index in [1.165, 1.54) is 31.2 Å². The van der Waals surface area contributed by atoms with E-state index in [2.05, 4.69) is 66.3 Å². The van der Waals surface area contributed by atoms with Gasteiger partial charge in [0.05, 0.1) is 6.10 Å². The topological polar surface area (TPSA) is 21.3 Å². The second-order valence-electron chi connectivity index (χ2n) is 7.13. The minimum absolute atomic E-state index is 0.113. The third-order valence-electron chi connectivity index (χ3n) is 4.11. The second-order valence-corrected chi connectivity index (χ2v) is 8.05. The van der Waals surface area contributed by atoms with E-state index < -0.39 is 0 Å². The molecule has 2 rings (SSSR count). The molecule has 1 N–H and O–H groups in total. The van der Waals surface area contributed by atoms with Crippen LogP contribution in [-0.2, 0) is 4.74 Å². The highest BCUT2D eigenvalue weighted by atomic mass is 79.9. The SMILES string of the molecule is CC(C)(C)NCC(OCCC1CCC1)c1cccc(Br)c1. The van der Waals surface area contributed by atoms with Crippen LogP contribution in [0.15, 0.2) is 28.7 Å². The smallest absolute Gasteiger partial charge is 0.0949 e. The van der Waals surface area contributed by atoms with Gasteiger partial charge in [-0.05, 0) is 50.8 Å². The van der Waals surface area contributed by atoms with E-state index in [0.29, 0.717) is 0 Å². The molecule has 118 valence electrons. The summed E-state index contributed by atoms with van der Waals surface area (Å²) < 4.78 is 7.32. The van der Waals surface area contributed by atoms with E-state index in [-0.39, 0.29) is 11.6 Å². The predicted octanol–water partition coefficient (Wildman–Crippen LogP) is 5.09. The summed E-state index contributed by atoms with van der Waals surface area (Å²) in [6.07, 6.45) is 5.53. The molecule has 1 aromatic carbocycles. The molecule has 1 atom stereocenters. The molecule has 0 aliphatic heterocycles. The van der Waals surface area contributed by atoms with E-state index in [9.17, 15) is 0 Å². The number of hydrogen-bond donors (Lipinski definition) is 1. The molecule has 2 nitrogen and oxygen atoms in total. The standard InChI is InChI=1S/C18H28BrNO/c1-18(2,3)20-13-17(15-8-5-9-16(19)12-15)21-11-10-14-6-4-7-14/h5,8-9,12,14,17,20H,4,6-7,10-11,13H2,1-3H3. The summed E-state index contributed by atoms with van der Waals surface area (Å²) in [5, 5.41) is 3.57. The predicted molar refractivity (Wildman–Crippen MR) is 92.5 cm³/mol. The number of rotatable bonds is 7. The molecule has 0 bridgehead atoms. The number of ether oxygens (including phenoxy) is 1. The van der Waals surface area contributed by atoms with Crippen LogP contribution in [0, 0.1) is 5.92 Å². The Labute approximate surface area is 137 Å². The zero-order chi connectivity index (χ0) is 15.3. The first-order valence-corrected chi connectivity index (χ1v) is 8.85. The molecular formula is C18H28BrNO. The van der Waals surface area contributed by atoms with Crippen molar-refractivity contribution in [3.05, 3.63) is 34.3 Å². The van der Waals surface area contributed by atoms with Crippen molar-refractivity contribution in [2.75, 3.05) is 13.2 Å². The zero-order valence-corrected chi connectivity index (χ0v) is 15.1. The fourth-order valence-electron chi connectivity index (χ4n) is 2.54. The van der Waals surface area contributed by atoms with Crippen molar-refractivity contribution in [1.29, 1.82) is 0 Å². The second kappa shape index (κ2) is 7.75. The van der Waals surface area contributed by atoms with Crippen LogP contribution in [0.2, 0.25) is 0 Å². The Balaban J connectivity index is 1.91. The average Bonchev–Trinajstić information content (AvgIpc) is 2.34. The lowest BCUT2D eigenvalue weighted by atomic mass is 9.83. The maximum atomic E-state index is 6.20. The first kappa shape index (κ1) is 17.0. The Morgan fingerprint density at radius 3 is 2.67 bits per heavy atom. The van der Waals surface area contributed by atoms with Crippen molar-refractivity contribution >= 4 is 15.9 Å². The van der Waals surface area contributed by atoms with Crippen LogP contribution in [0.25, 0.3) is 0 Å². The molecule has 1 saturated carbocycles. The Morgan fingerprint density at radius 2 is 2.10 bits per heavy atom. The van der Waals surface area contributed by atoms with E-state index in [1.54, 1.807) is 0 Å². The lowest BCUT2D eigenvalue weighted by Crippen LogP contribution is -2.39. The molecule has 0 spiro atoms. The van der Waals surface area contributed by atoms with Gasteiger partial charge in [0.2, 0.25) is 0 Å². The van der Waals surface area contributed by atoms with E-state index >= 15 is 0 Å². The van der Waals surface area contributed by atoms with Crippen molar-refractivity contribution in [2.45, 2.75) is 58.1 Å².